The Balaban J connectivity index is 0. The van der Waals surface area contributed by atoms with Crippen molar-refractivity contribution in [2.45, 2.75) is 0 Å². The largest absolute Gasteiger partial charge is 1.00 e. The average Bonchev–Trinajstić information content (AvgIpc) is 1.53. The molecule has 0 atom stereocenters. The van der Waals surface area contributed by atoms with Crippen LogP contribution in [0.4, 0.5) is 0 Å². The Labute approximate surface area is 122 Å². The van der Waals surface area contributed by atoms with Gasteiger partial charge in [-0.2, -0.15) is 8.42 Å². The Morgan fingerprint density at radius 2 is 1.69 bits per heavy atom. The van der Waals surface area contributed by atoms with Crippen LogP contribution in [0.2, 0.25) is 0 Å². The molecule has 0 bridgehead atoms. The van der Waals surface area contributed by atoms with E-state index in [4.69, 9.17) is 0 Å². The van der Waals surface area contributed by atoms with E-state index in [0.29, 0.717) is 0 Å². The molecule has 0 aromatic rings. The van der Waals surface area contributed by atoms with Gasteiger partial charge in [0.1, 0.15) is 0 Å². The predicted octanol–water partition coefficient (Wildman–Crippen LogP) is -6.08. The monoisotopic (exact) mass is 276 g/mol. The molecule has 0 aromatic carbocycles. The molecular weight excluding hydrogens is 274 g/mol. The molecule has 0 aliphatic carbocycles. The van der Waals surface area contributed by atoms with Gasteiger partial charge in [-0.25, -0.2) is 8.42 Å². The molecule has 1 rings (SSSR count). The summed E-state index contributed by atoms with van der Waals surface area (Å²) in [7, 11) is -9.01. The van der Waals surface area contributed by atoms with Crippen molar-refractivity contribution in [1.29, 1.82) is 0 Å². The molecule has 0 unspecified atom stereocenters. The van der Waals surface area contributed by atoms with Crippen molar-refractivity contribution >= 4 is 35.9 Å². The third kappa shape index (κ3) is 6.87. The Bertz CT molecular complexity index is 326. The molecule has 72 valence electrons. The zero-order chi connectivity index (χ0) is 8.70. The normalized spacial score (nSPS) is 19.3. The molecule has 1 saturated heterocycles. The quantitative estimate of drug-likeness (QED) is 0.274. The van der Waals surface area contributed by atoms with Crippen LogP contribution in [0.3, 0.4) is 0 Å². The van der Waals surface area contributed by atoms with E-state index in [1.54, 1.807) is 0 Å². The molecule has 1 aliphatic rings. The van der Waals surface area contributed by atoms with Gasteiger partial charge in [0.25, 0.3) is 0 Å². The molecule has 1 fully saturated rings. The zero-order valence-electron chi connectivity index (χ0n) is 6.16. The predicted molar refractivity (Wildman–Crippen MR) is 31.2 cm³/mol. The van der Waals surface area contributed by atoms with Gasteiger partial charge in [-0.3, -0.25) is 0 Å². The third-order valence-corrected chi connectivity index (χ3v) is 5.30. The molecule has 13 heteroatoms. The number of hydrogen-bond acceptors (Lipinski definition) is 8. The standard InChI is InChI=1S/Al.K.2H2O4S.H2O/c;;2*1-5(2,3)4;/h;;2*(H2,1,2,3,4);1H2/q+3;+1;;;/p-4. The van der Waals surface area contributed by atoms with Crippen LogP contribution in [0.1, 0.15) is 0 Å². The summed E-state index contributed by atoms with van der Waals surface area (Å²) in [4.78, 5) is 0. The van der Waals surface area contributed by atoms with Gasteiger partial charge in [0.15, 0.2) is 10.4 Å². The van der Waals surface area contributed by atoms with Gasteiger partial charge in [-0.15, -0.1) is 0 Å². The van der Waals surface area contributed by atoms with E-state index in [9.17, 15) is 21.4 Å². The molecule has 2 N–H and O–H groups in total. The van der Waals surface area contributed by atoms with Crippen LogP contribution >= 0.6 is 0 Å². The summed E-state index contributed by atoms with van der Waals surface area (Å²) in [6.07, 6.45) is 0. The second-order valence-electron chi connectivity index (χ2n) is 1.39. The molecule has 0 aromatic heterocycles. The van der Waals surface area contributed by atoms with Crippen molar-refractivity contribution in [1.82, 2.24) is 0 Å². The average molecular weight is 276 g/mol. The van der Waals surface area contributed by atoms with E-state index < -0.39 is 35.9 Å². The first-order valence-electron chi connectivity index (χ1n) is 2.04. The SMILES string of the molecule is O.O=S(=O)([O-])[O][Al]1[O]S(=O)(=O)[O]1.[K+]. The minimum atomic E-state index is -4.94. The van der Waals surface area contributed by atoms with E-state index in [-0.39, 0.29) is 56.9 Å². The Hall–Kier alpha value is 1.87. The van der Waals surface area contributed by atoms with Crippen LogP contribution < -0.4 is 51.4 Å². The number of rotatable bonds is 2. The van der Waals surface area contributed by atoms with Gasteiger partial charge in [0.05, 0.1) is 0 Å². The fourth-order valence-electron chi connectivity index (χ4n) is 0.328. The van der Waals surface area contributed by atoms with Crippen molar-refractivity contribution in [2.24, 2.45) is 0 Å². The molecule has 1 aliphatic heterocycles. The Morgan fingerprint density at radius 1 is 1.31 bits per heavy atom. The van der Waals surface area contributed by atoms with Crippen molar-refractivity contribution < 1.29 is 88.0 Å². The van der Waals surface area contributed by atoms with E-state index in [1.165, 1.54) is 0 Å². The van der Waals surface area contributed by atoms with Crippen LogP contribution in [-0.4, -0.2) is 42.0 Å². The van der Waals surface area contributed by atoms with Gasteiger partial charge >= 0.3 is 76.9 Å². The fraction of sp³-hybridized carbons (Fsp3) is 0. The van der Waals surface area contributed by atoms with Gasteiger partial charge in [-0.1, -0.05) is 0 Å². The summed E-state index contributed by atoms with van der Waals surface area (Å²) in [5, 5.41) is 0. The Kier molecular flexibility index (Phi) is 7.73. The summed E-state index contributed by atoms with van der Waals surface area (Å²) >= 11 is -3.24. The molecule has 0 amide bonds. The summed E-state index contributed by atoms with van der Waals surface area (Å²) < 4.78 is 60.4. The van der Waals surface area contributed by atoms with Crippen LogP contribution in [0, 0.1) is 0 Å². The van der Waals surface area contributed by atoms with E-state index in [1.807, 2.05) is 0 Å². The van der Waals surface area contributed by atoms with Gasteiger partial charge in [-0.05, 0) is 0 Å². The van der Waals surface area contributed by atoms with Crippen LogP contribution in [0.15, 0.2) is 0 Å². The minimum Gasteiger partial charge on any atom is -0.727 e. The van der Waals surface area contributed by atoms with Gasteiger partial charge in [0, 0.05) is 0 Å². The van der Waals surface area contributed by atoms with Crippen molar-refractivity contribution in [2.75, 3.05) is 0 Å². The smallest absolute Gasteiger partial charge is 0.727 e. The maximum absolute atomic E-state index is 10.00. The van der Waals surface area contributed by atoms with Crippen LogP contribution in [0.5, 0.6) is 0 Å². The maximum atomic E-state index is 10.00. The van der Waals surface area contributed by atoms with Gasteiger partial charge < -0.3 is 19.7 Å². The molecular formula is H2AlKO9S2. The van der Waals surface area contributed by atoms with Crippen molar-refractivity contribution in [3.05, 3.63) is 0 Å². The summed E-state index contributed by atoms with van der Waals surface area (Å²) in [5.41, 5.74) is 0. The second-order valence-corrected chi connectivity index (χ2v) is 5.91. The molecule has 0 spiro atoms. The summed E-state index contributed by atoms with van der Waals surface area (Å²) in [6, 6.07) is 0. The van der Waals surface area contributed by atoms with E-state index >= 15 is 0 Å². The van der Waals surface area contributed by atoms with Crippen molar-refractivity contribution in [3.8, 4) is 0 Å². The van der Waals surface area contributed by atoms with E-state index in [2.05, 4.69) is 9.70 Å². The third-order valence-electron chi connectivity index (χ3n) is 0.589. The molecule has 0 saturated carbocycles. The first-order chi connectivity index (χ1) is 4.79. The second kappa shape index (κ2) is 5.82. The summed E-state index contributed by atoms with van der Waals surface area (Å²) in [6.45, 7) is 0. The molecule has 13 heavy (non-hydrogen) atoms. The molecule has 1 heterocycles. The number of hydrogen-bond donors (Lipinski definition) is 0. The van der Waals surface area contributed by atoms with Crippen molar-refractivity contribution in [3.63, 3.8) is 0 Å². The van der Waals surface area contributed by atoms with E-state index in [0.717, 1.165) is 0 Å². The molecule has 9 nitrogen and oxygen atoms in total. The first kappa shape index (κ1) is 17.3. The molecule has 0 radical (unpaired) electrons. The zero-order valence-corrected chi connectivity index (χ0v) is 12.1. The van der Waals surface area contributed by atoms with Crippen LogP contribution in [-0.2, 0) is 30.5 Å². The fourth-order valence-corrected chi connectivity index (χ4v) is 3.53. The minimum absolute atomic E-state index is 0. The van der Waals surface area contributed by atoms with Gasteiger partial charge in [0.2, 0.25) is 0 Å². The topological polar surface area (TPSA) is 151 Å². The Morgan fingerprint density at radius 3 is 1.92 bits per heavy atom. The summed E-state index contributed by atoms with van der Waals surface area (Å²) in [5.74, 6) is 0. The van der Waals surface area contributed by atoms with Crippen LogP contribution in [0.25, 0.3) is 0 Å². The maximum Gasteiger partial charge on any atom is 1.00 e. The first-order valence-corrected chi connectivity index (χ1v) is 6.12.